The Morgan fingerprint density at radius 1 is 1.30 bits per heavy atom. The second-order valence-corrected chi connectivity index (χ2v) is 9.52. The normalized spacial score (nSPS) is 16.6. The monoisotopic (exact) mass is 455 g/mol. The molecule has 0 atom stereocenters. The largest absolute Gasteiger partial charge is 0.381 e. The summed E-state index contributed by atoms with van der Waals surface area (Å²) in [6.07, 6.45) is 2.91. The van der Waals surface area contributed by atoms with Gasteiger partial charge in [-0.05, 0) is 45.2 Å². The molecule has 176 valence electrons. The second kappa shape index (κ2) is 9.05. The molecular formula is C24H30FN5O3. The summed E-state index contributed by atoms with van der Waals surface area (Å²) in [4.78, 5) is 36.7. The van der Waals surface area contributed by atoms with Gasteiger partial charge in [-0.25, -0.2) is 14.4 Å². The van der Waals surface area contributed by atoms with Crippen molar-refractivity contribution < 1.29 is 18.7 Å². The highest BCUT2D eigenvalue weighted by Gasteiger charge is 2.33. The van der Waals surface area contributed by atoms with E-state index in [-0.39, 0.29) is 35.8 Å². The highest BCUT2D eigenvalue weighted by atomic mass is 19.1. The van der Waals surface area contributed by atoms with Crippen molar-refractivity contribution in [3.8, 4) is 11.3 Å². The van der Waals surface area contributed by atoms with Crippen molar-refractivity contribution in [1.82, 2.24) is 20.2 Å². The summed E-state index contributed by atoms with van der Waals surface area (Å²) in [7, 11) is 0. The quantitative estimate of drug-likeness (QED) is 0.746. The fraction of sp³-hybridized carbons (Fsp3) is 0.500. The van der Waals surface area contributed by atoms with E-state index in [2.05, 4.69) is 41.0 Å². The van der Waals surface area contributed by atoms with E-state index in [1.807, 2.05) is 6.07 Å². The molecule has 2 aromatic rings. The Hall–Kier alpha value is -3.07. The highest BCUT2D eigenvalue weighted by Crippen LogP contribution is 2.32. The number of nitrogens with zero attached hydrogens (tertiary/aromatic N) is 4. The number of amides is 2. The van der Waals surface area contributed by atoms with Gasteiger partial charge in [-0.2, -0.15) is 0 Å². The first-order valence-electron chi connectivity index (χ1n) is 11.2. The number of carbonyl (C=O) groups excluding carboxylic acids is 2. The molecule has 0 saturated carbocycles. The first kappa shape index (κ1) is 23.1. The van der Waals surface area contributed by atoms with E-state index in [9.17, 15) is 14.0 Å². The number of ether oxygens (including phenoxy) is 1. The van der Waals surface area contributed by atoms with Crippen molar-refractivity contribution >= 4 is 17.8 Å². The van der Waals surface area contributed by atoms with Crippen LogP contribution in [0.5, 0.6) is 0 Å². The number of carbonyl (C=O) groups is 2. The molecule has 1 aromatic heterocycles. The highest BCUT2D eigenvalue weighted by molar-refractivity contribution is 5.99. The summed E-state index contributed by atoms with van der Waals surface area (Å²) < 4.78 is 20.4. The van der Waals surface area contributed by atoms with Crippen LogP contribution in [0.2, 0.25) is 0 Å². The van der Waals surface area contributed by atoms with Crippen molar-refractivity contribution in [2.45, 2.75) is 58.7 Å². The van der Waals surface area contributed by atoms with Crippen LogP contribution in [0.25, 0.3) is 11.3 Å². The van der Waals surface area contributed by atoms with Crippen molar-refractivity contribution in [2.75, 3.05) is 24.8 Å². The third kappa shape index (κ3) is 4.83. The van der Waals surface area contributed by atoms with Crippen LogP contribution in [0.15, 0.2) is 24.4 Å². The summed E-state index contributed by atoms with van der Waals surface area (Å²) in [6.45, 7) is 9.55. The Labute approximate surface area is 193 Å². The Balaban J connectivity index is 1.66. The van der Waals surface area contributed by atoms with Crippen LogP contribution in [0.1, 0.15) is 56.5 Å². The molecule has 0 radical (unpaired) electrons. The van der Waals surface area contributed by atoms with E-state index >= 15 is 0 Å². The van der Waals surface area contributed by atoms with Gasteiger partial charge in [0.05, 0.1) is 12.9 Å². The molecule has 8 nitrogen and oxygen atoms in total. The predicted molar refractivity (Wildman–Crippen MR) is 122 cm³/mol. The second-order valence-electron chi connectivity index (χ2n) is 9.52. The molecule has 0 aliphatic carbocycles. The Morgan fingerprint density at radius 2 is 2.03 bits per heavy atom. The summed E-state index contributed by atoms with van der Waals surface area (Å²) in [5.41, 5.74) is 1.74. The summed E-state index contributed by atoms with van der Waals surface area (Å²) in [6, 6.07) is 5.47. The minimum Gasteiger partial charge on any atom is -0.381 e. The standard InChI is InChI=1S/C24H30FN5O3/c1-15(31)27-14-29-13-17-6-5-16(11-19(17)22(29)32)21-20(25)12-26-23(28-21)30(24(2,3)4)18-7-9-33-10-8-18/h5-6,11-12,18H,7-10,13-14H2,1-4H3,(H,27,31). The van der Waals surface area contributed by atoms with E-state index in [0.717, 1.165) is 18.4 Å². The van der Waals surface area contributed by atoms with Crippen molar-refractivity contribution in [1.29, 1.82) is 0 Å². The van der Waals surface area contributed by atoms with E-state index < -0.39 is 5.82 Å². The molecule has 0 unspecified atom stereocenters. The number of benzene rings is 1. The van der Waals surface area contributed by atoms with Crippen molar-refractivity contribution in [2.24, 2.45) is 0 Å². The first-order valence-corrected chi connectivity index (χ1v) is 11.2. The van der Waals surface area contributed by atoms with E-state index in [0.29, 0.717) is 36.8 Å². The number of hydrogen-bond donors (Lipinski definition) is 1. The Morgan fingerprint density at radius 3 is 2.70 bits per heavy atom. The molecule has 1 saturated heterocycles. The molecule has 4 rings (SSSR count). The topological polar surface area (TPSA) is 87.7 Å². The lowest BCUT2D eigenvalue weighted by Gasteiger charge is -2.43. The maximum absolute atomic E-state index is 14.9. The minimum absolute atomic E-state index is 0.135. The molecule has 1 aromatic carbocycles. The SMILES string of the molecule is CC(=O)NCN1Cc2ccc(-c3nc(N(C4CCOCC4)C(C)(C)C)ncc3F)cc2C1=O. The Kier molecular flexibility index (Phi) is 6.34. The predicted octanol–water partition coefficient (Wildman–Crippen LogP) is 3.12. The number of fused-ring (bicyclic) bond motifs is 1. The maximum atomic E-state index is 14.9. The maximum Gasteiger partial charge on any atom is 0.255 e. The summed E-state index contributed by atoms with van der Waals surface area (Å²) in [5.74, 6) is -0.484. The van der Waals surface area contributed by atoms with Crippen LogP contribution < -0.4 is 10.2 Å². The van der Waals surface area contributed by atoms with Gasteiger partial charge in [-0.1, -0.05) is 12.1 Å². The van der Waals surface area contributed by atoms with Crippen LogP contribution >= 0.6 is 0 Å². The van der Waals surface area contributed by atoms with Crippen LogP contribution in [0.3, 0.4) is 0 Å². The molecule has 2 aliphatic rings. The number of halogens is 1. The lowest BCUT2D eigenvalue weighted by Crippen LogP contribution is -2.51. The first-order chi connectivity index (χ1) is 15.6. The van der Waals surface area contributed by atoms with Crippen molar-refractivity contribution in [3.63, 3.8) is 0 Å². The zero-order valence-electron chi connectivity index (χ0n) is 19.5. The van der Waals surface area contributed by atoms with Crippen LogP contribution in [-0.2, 0) is 16.1 Å². The van der Waals surface area contributed by atoms with Gasteiger partial charge in [0, 0.05) is 49.4 Å². The number of nitrogens with one attached hydrogen (secondary N) is 1. The fourth-order valence-corrected chi connectivity index (χ4v) is 4.47. The molecule has 3 heterocycles. The van der Waals surface area contributed by atoms with Gasteiger partial charge in [0.2, 0.25) is 11.9 Å². The smallest absolute Gasteiger partial charge is 0.255 e. The molecule has 2 amide bonds. The van der Waals surface area contributed by atoms with Gasteiger partial charge in [-0.3, -0.25) is 9.59 Å². The zero-order valence-corrected chi connectivity index (χ0v) is 19.5. The van der Waals surface area contributed by atoms with Gasteiger partial charge in [0.25, 0.3) is 5.91 Å². The minimum atomic E-state index is -0.542. The average molecular weight is 456 g/mol. The summed E-state index contributed by atoms with van der Waals surface area (Å²) in [5, 5.41) is 2.64. The number of aromatic nitrogens is 2. The fourth-order valence-electron chi connectivity index (χ4n) is 4.47. The van der Waals surface area contributed by atoms with Gasteiger partial charge < -0.3 is 19.9 Å². The van der Waals surface area contributed by atoms with E-state index in [4.69, 9.17) is 4.74 Å². The third-order valence-electron chi connectivity index (χ3n) is 6.01. The van der Waals surface area contributed by atoms with Gasteiger partial charge >= 0.3 is 0 Å². The molecule has 1 fully saturated rings. The lowest BCUT2D eigenvalue weighted by atomic mass is 9.98. The van der Waals surface area contributed by atoms with Gasteiger partial charge in [0.15, 0.2) is 5.82 Å². The third-order valence-corrected chi connectivity index (χ3v) is 6.01. The molecule has 0 spiro atoms. The molecule has 33 heavy (non-hydrogen) atoms. The van der Waals surface area contributed by atoms with E-state index in [1.165, 1.54) is 13.1 Å². The molecular weight excluding hydrogens is 425 g/mol. The molecule has 9 heteroatoms. The number of hydrogen-bond acceptors (Lipinski definition) is 6. The number of anilines is 1. The van der Waals surface area contributed by atoms with E-state index in [1.54, 1.807) is 17.0 Å². The lowest BCUT2D eigenvalue weighted by molar-refractivity contribution is -0.119. The summed E-state index contributed by atoms with van der Waals surface area (Å²) >= 11 is 0. The van der Waals surface area contributed by atoms with Crippen molar-refractivity contribution in [3.05, 3.63) is 41.3 Å². The van der Waals surface area contributed by atoms with Gasteiger partial charge in [-0.15, -0.1) is 0 Å². The van der Waals surface area contributed by atoms with Gasteiger partial charge in [0.1, 0.15) is 5.69 Å². The molecule has 0 bridgehead atoms. The van der Waals surface area contributed by atoms with Crippen LogP contribution in [0, 0.1) is 5.82 Å². The number of rotatable bonds is 5. The molecule has 2 aliphatic heterocycles. The van der Waals surface area contributed by atoms with Crippen LogP contribution in [0.4, 0.5) is 10.3 Å². The molecule has 1 N–H and O–H groups in total. The average Bonchev–Trinajstić information content (AvgIpc) is 3.08. The van der Waals surface area contributed by atoms with Crippen LogP contribution in [-0.4, -0.2) is 58.1 Å². The Bertz CT molecular complexity index is 1060. The zero-order chi connectivity index (χ0) is 23.8.